The SMILES string of the molecule is CCC(C)(CC)OCC(=N)N. The van der Waals surface area contributed by atoms with Gasteiger partial charge in [-0.05, 0) is 19.8 Å². The molecular weight excluding hydrogens is 140 g/mol. The van der Waals surface area contributed by atoms with Crippen LogP contribution in [-0.4, -0.2) is 18.0 Å². The molecule has 0 unspecified atom stereocenters. The van der Waals surface area contributed by atoms with Crippen LogP contribution in [0.4, 0.5) is 0 Å². The van der Waals surface area contributed by atoms with Crippen LogP contribution >= 0.6 is 0 Å². The molecule has 0 spiro atoms. The summed E-state index contributed by atoms with van der Waals surface area (Å²) in [6.07, 6.45) is 1.91. The normalized spacial score (nSPS) is 11.5. The molecule has 3 nitrogen and oxygen atoms in total. The van der Waals surface area contributed by atoms with Crippen LogP contribution in [0, 0.1) is 5.41 Å². The zero-order valence-electron chi connectivity index (χ0n) is 7.61. The average Bonchev–Trinajstić information content (AvgIpc) is 2.00. The molecule has 0 bridgehead atoms. The summed E-state index contributed by atoms with van der Waals surface area (Å²) in [7, 11) is 0. The lowest BCUT2D eigenvalue weighted by molar-refractivity contribution is -0.0168. The van der Waals surface area contributed by atoms with Crippen molar-refractivity contribution in [1.29, 1.82) is 5.41 Å². The predicted molar refractivity (Wildman–Crippen MR) is 46.9 cm³/mol. The lowest BCUT2D eigenvalue weighted by Gasteiger charge is -2.26. The Labute approximate surface area is 68.4 Å². The van der Waals surface area contributed by atoms with Crippen LogP contribution in [0.2, 0.25) is 0 Å². The highest BCUT2D eigenvalue weighted by molar-refractivity contribution is 5.78. The fourth-order valence-corrected chi connectivity index (χ4v) is 0.706. The van der Waals surface area contributed by atoms with Crippen molar-refractivity contribution in [3.05, 3.63) is 0 Å². The van der Waals surface area contributed by atoms with Gasteiger partial charge in [0.15, 0.2) is 0 Å². The van der Waals surface area contributed by atoms with Gasteiger partial charge in [0.2, 0.25) is 0 Å². The van der Waals surface area contributed by atoms with Gasteiger partial charge in [-0.15, -0.1) is 0 Å². The van der Waals surface area contributed by atoms with Crippen LogP contribution < -0.4 is 5.73 Å². The summed E-state index contributed by atoms with van der Waals surface area (Å²) < 4.78 is 5.44. The van der Waals surface area contributed by atoms with E-state index in [9.17, 15) is 0 Å². The molecule has 66 valence electrons. The van der Waals surface area contributed by atoms with Crippen molar-refractivity contribution < 1.29 is 4.74 Å². The molecule has 0 aromatic carbocycles. The first-order chi connectivity index (χ1) is 5.04. The largest absolute Gasteiger partial charge is 0.386 e. The third-order valence-electron chi connectivity index (χ3n) is 2.07. The fraction of sp³-hybridized carbons (Fsp3) is 0.875. The van der Waals surface area contributed by atoms with E-state index in [1.54, 1.807) is 0 Å². The molecule has 0 aromatic heterocycles. The topological polar surface area (TPSA) is 59.1 Å². The maximum atomic E-state index is 6.98. The Hall–Kier alpha value is -0.570. The average molecular weight is 158 g/mol. The Bertz CT molecular complexity index is 130. The molecular formula is C8H18N2O. The minimum Gasteiger partial charge on any atom is -0.386 e. The van der Waals surface area contributed by atoms with Crippen LogP contribution in [0.5, 0.6) is 0 Å². The molecule has 0 aliphatic heterocycles. The van der Waals surface area contributed by atoms with Gasteiger partial charge < -0.3 is 10.5 Å². The summed E-state index contributed by atoms with van der Waals surface area (Å²) in [5.41, 5.74) is 5.06. The Morgan fingerprint density at radius 3 is 2.18 bits per heavy atom. The van der Waals surface area contributed by atoms with Crippen LogP contribution in [0.3, 0.4) is 0 Å². The first kappa shape index (κ1) is 10.4. The summed E-state index contributed by atoms with van der Waals surface area (Å²) in [5.74, 6) is 0.0955. The summed E-state index contributed by atoms with van der Waals surface area (Å²) in [6, 6.07) is 0. The molecule has 0 rings (SSSR count). The minimum atomic E-state index is -0.105. The minimum absolute atomic E-state index is 0.0955. The van der Waals surface area contributed by atoms with E-state index in [4.69, 9.17) is 15.9 Å². The van der Waals surface area contributed by atoms with E-state index in [1.165, 1.54) is 0 Å². The van der Waals surface area contributed by atoms with Gasteiger partial charge in [0.25, 0.3) is 0 Å². The van der Waals surface area contributed by atoms with Crippen molar-refractivity contribution in [1.82, 2.24) is 0 Å². The molecule has 3 N–H and O–H groups in total. The van der Waals surface area contributed by atoms with Gasteiger partial charge in [0.1, 0.15) is 12.4 Å². The first-order valence-electron chi connectivity index (χ1n) is 4.01. The Morgan fingerprint density at radius 1 is 1.45 bits per heavy atom. The second-order valence-electron chi connectivity index (χ2n) is 2.97. The fourth-order valence-electron chi connectivity index (χ4n) is 0.706. The highest BCUT2D eigenvalue weighted by Crippen LogP contribution is 2.18. The molecule has 0 radical (unpaired) electrons. The van der Waals surface area contributed by atoms with Crippen LogP contribution in [-0.2, 0) is 4.74 Å². The smallest absolute Gasteiger partial charge is 0.117 e. The molecule has 0 saturated heterocycles. The Morgan fingerprint density at radius 2 is 1.91 bits per heavy atom. The number of hydrogen-bond acceptors (Lipinski definition) is 2. The van der Waals surface area contributed by atoms with Crippen molar-refractivity contribution in [2.75, 3.05) is 6.61 Å². The lowest BCUT2D eigenvalue weighted by Crippen LogP contribution is -2.31. The van der Waals surface area contributed by atoms with Gasteiger partial charge in [-0.25, -0.2) is 0 Å². The van der Waals surface area contributed by atoms with Crippen LogP contribution in [0.1, 0.15) is 33.6 Å². The van der Waals surface area contributed by atoms with Gasteiger partial charge in [-0.1, -0.05) is 13.8 Å². The molecule has 0 aliphatic carbocycles. The van der Waals surface area contributed by atoms with Gasteiger partial charge in [-0.3, -0.25) is 5.41 Å². The summed E-state index contributed by atoms with van der Waals surface area (Å²) in [6.45, 7) is 6.43. The quantitative estimate of drug-likeness (QED) is 0.470. The Balaban J connectivity index is 3.78. The second-order valence-corrected chi connectivity index (χ2v) is 2.97. The third-order valence-corrected chi connectivity index (χ3v) is 2.07. The van der Waals surface area contributed by atoms with Crippen LogP contribution in [0.15, 0.2) is 0 Å². The standard InChI is InChI=1S/C8H18N2O/c1-4-8(3,5-2)11-6-7(9)10/h4-6H2,1-3H3,(H3,9,10). The summed E-state index contributed by atoms with van der Waals surface area (Å²) in [4.78, 5) is 0. The Kier molecular flexibility index (Phi) is 4.11. The van der Waals surface area contributed by atoms with E-state index >= 15 is 0 Å². The molecule has 0 atom stereocenters. The molecule has 0 fully saturated rings. The van der Waals surface area contributed by atoms with E-state index in [-0.39, 0.29) is 18.0 Å². The molecule has 11 heavy (non-hydrogen) atoms. The zero-order valence-corrected chi connectivity index (χ0v) is 7.61. The number of nitrogens with one attached hydrogen (secondary N) is 1. The highest BCUT2D eigenvalue weighted by Gasteiger charge is 2.19. The van der Waals surface area contributed by atoms with Gasteiger partial charge in [0.05, 0.1) is 5.60 Å². The molecule has 3 heteroatoms. The number of rotatable bonds is 5. The van der Waals surface area contributed by atoms with Crippen molar-refractivity contribution >= 4 is 5.84 Å². The lowest BCUT2D eigenvalue weighted by atomic mass is 10.0. The molecule has 0 amide bonds. The van der Waals surface area contributed by atoms with E-state index < -0.39 is 0 Å². The zero-order chi connectivity index (χ0) is 8.91. The first-order valence-corrected chi connectivity index (χ1v) is 4.01. The maximum absolute atomic E-state index is 6.98. The van der Waals surface area contributed by atoms with Crippen molar-refractivity contribution in [2.24, 2.45) is 5.73 Å². The van der Waals surface area contributed by atoms with E-state index in [2.05, 4.69) is 13.8 Å². The molecule has 0 saturated carbocycles. The predicted octanol–water partition coefficient (Wildman–Crippen LogP) is 1.52. The number of amidine groups is 1. The van der Waals surface area contributed by atoms with Gasteiger partial charge in [0, 0.05) is 0 Å². The van der Waals surface area contributed by atoms with E-state index in [0.717, 1.165) is 12.8 Å². The van der Waals surface area contributed by atoms with E-state index in [0.29, 0.717) is 0 Å². The van der Waals surface area contributed by atoms with Crippen molar-refractivity contribution in [3.63, 3.8) is 0 Å². The third kappa shape index (κ3) is 3.98. The van der Waals surface area contributed by atoms with Crippen molar-refractivity contribution in [3.8, 4) is 0 Å². The summed E-state index contributed by atoms with van der Waals surface area (Å²) in [5, 5.41) is 6.98. The summed E-state index contributed by atoms with van der Waals surface area (Å²) >= 11 is 0. The van der Waals surface area contributed by atoms with Gasteiger partial charge in [-0.2, -0.15) is 0 Å². The molecule has 0 heterocycles. The molecule has 0 aromatic rings. The second kappa shape index (κ2) is 4.34. The number of nitrogens with two attached hydrogens (primary N) is 1. The monoisotopic (exact) mass is 158 g/mol. The van der Waals surface area contributed by atoms with Crippen molar-refractivity contribution in [2.45, 2.75) is 39.2 Å². The highest BCUT2D eigenvalue weighted by atomic mass is 16.5. The van der Waals surface area contributed by atoms with E-state index in [1.807, 2.05) is 6.92 Å². The number of hydrogen-bond donors (Lipinski definition) is 2. The maximum Gasteiger partial charge on any atom is 0.117 e. The van der Waals surface area contributed by atoms with Gasteiger partial charge >= 0.3 is 0 Å². The van der Waals surface area contributed by atoms with Crippen LogP contribution in [0.25, 0.3) is 0 Å². The number of ether oxygens (including phenoxy) is 1. The molecule has 0 aliphatic rings.